The van der Waals surface area contributed by atoms with Crippen molar-refractivity contribution in [3.8, 4) is 11.5 Å². The lowest BCUT2D eigenvalue weighted by Crippen LogP contribution is -2.35. The standard InChI is InChI=1S/C23H29F3N6OS/c1-4-33-11-5-10-31-21(28-29-22(31)34)18-13-20-27-17(12-19(23(24,25)26)32(20)30-18)16-8-6-15(7-9-16)14(2)3/h6-9,13-14,17,19,27H,4-5,10-12H2,1-3H3,(H,29,34). The van der Waals surface area contributed by atoms with Gasteiger partial charge in [0.05, 0.1) is 6.04 Å². The van der Waals surface area contributed by atoms with Gasteiger partial charge in [-0.15, -0.1) is 0 Å². The number of hydrogen-bond donors (Lipinski definition) is 2. The maximum absolute atomic E-state index is 14.1. The van der Waals surface area contributed by atoms with Crippen LogP contribution in [0.5, 0.6) is 0 Å². The number of rotatable bonds is 8. The molecule has 2 aromatic heterocycles. The third kappa shape index (κ3) is 5.05. The zero-order chi connectivity index (χ0) is 24.5. The second-order valence-electron chi connectivity index (χ2n) is 8.73. The second-order valence-corrected chi connectivity index (χ2v) is 9.11. The van der Waals surface area contributed by atoms with Crippen molar-refractivity contribution in [3.63, 3.8) is 0 Å². The average molecular weight is 495 g/mol. The van der Waals surface area contributed by atoms with Crippen LogP contribution in [0.4, 0.5) is 19.0 Å². The van der Waals surface area contributed by atoms with Gasteiger partial charge in [-0.2, -0.15) is 23.4 Å². The van der Waals surface area contributed by atoms with Crippen LogP contribution in [-0.4, -0.2) is 43.9 Å². The van der Waals surface area contributed by atoms with Gasteiger partial charge in [0.1, 0.15) is 11.5 Å². The molecule has 1 aliphatic heterocycles. The van der Waals surface area contributed by atoms with Crippen molar-refractivity contribution < 1.29 is 17.9 Å². The molecule has 1 aliphatic rings. The van der Waals surface area contributed by atoms with Gasteiger partial charge in [-0.1, -0.05) is 38.1 Å². The molecule has 3 heterocycles. The molecule has 3 aromatic rings. The lowest BCUT2D eigenvalue weighted by Gasteiger charge is -2.33. The Kier molecular flexibility index (Phi) is 7.13. The molecule has 0 aliphatic carbocycles. The molecule has 0 saturated carbocycles. The van der Waals surface area contributed by atoms with Crippen LogP contribution in [0.2, 0.25) is 0 Å². The largest absolute Gasteiger partial charge is 0.410 e. The Balaban J connectivity index is 1.65. The number of aromatic nitrogens is 5. The number of nitrogens with zero attached hydrogens (tertiary/aromatic N) is 4. The summed E-state index contributed by atoms with van der Waals surface area (Å²) in [5.74, 6) is 1.06. The fourth-order valence-corrected chi connectivity index (χ4v) is 4.43. The Hall–Kier alpha value is -2.66. The van der Waals surface area contributed by atoms with Gasteiger partial charge in [-0.05, 0) is 42.6 Å². The number of halogens is 3. The third-order valence-electron chi connectivity index (χ3n) is 6.06. The molecule has 0 radical (unpaired) electrons. The van der Waals surface area contributed by atoms with Crippen molar-refractivity contribution in [1.29, 1.82) is 0 Å². The van der Waals surface area contributed by atoms with Crippen molar-refractivity contribution in [2.24, 2.45) is 0 Å². The zero-order valence-electron chi connectivity index (χ0n) is 19.4. The van der Waals surface area contributed by atoms with Crippen LogP contribution < -0.4 is 5.32 Å². The first-order chi connectivity index (χ1) is 16.2. The molecule has 184 valence electrons. The lowest BCUT2D eigenvalue weighted by molar-refractivity contribution is -0.173. The van der Waals surface area contributed by atoms with E-state index in [4.69, 9.17) is 17.0 Å². The summed E-state index contributed by atoms with van der Waals surface area (Å²) in [5.41, 5.74) is 2.29. The number of alkyl halides is 3. The van der Waals surface area contributed by atoms with E-state index in [0.717, 1.165) is 15.8 Å². The van der Waals surface area contributed by atoms with E-state index in [-0.39, 0.29) is 6.42 Å². The molecule has 2 atom stereocenters. The molecule has 0 amide bonds. The van der Waals surface area contributed by atoms with E-state index in [1.165, 1.54) is 0 Å². The topological polar surface area (TPSA) is 72.7 Å². The van der Waals surface area contributed by atoms with Gasteiger partial charge >= 0.3 is 6.18 Å². The first-order valence-corrected chi connectivity index (χ1v) is 11.9. The summed E-state index contributed by atoms with van der Waals surface area (Å²) < 4.78 is 50.7. The highest BCUT2D eigenvalue weighted by atomic mass is 32.1. The number of anilines is 1. The van der Waals surface area contributed by atoms with Crippen LogP contribution in [0.3, 0.4) is 0 Å². The van der Waals surface area contributed by atoms with Gasteiger partial charge in [0.25, 0.3) is 0 Å². The normalized spacial score (nSPS) is 18.2. The second kappa shape index (κ2) is 9.91. The van der Waals surface area contributed by atoms with Crippen molar-refractivity contribution in [3.05, 3.63) is 46.2 Å². The minimum atomic E-state index is -4.45. The average Bonchev–Trinajstić information content (AvgIpc) is 3.38. The van der Waals surface area contributed by atoms with Crippen molar-refractivity contribution >= 4 is 18.0 Å². The molecule has 34 heavy (non-hydrogen) atoms. The van der Waals surface area contributed by atoms with Gasteiger partial charge < -0.3 is 10.1 Å². The van der Waals surface area contributed by atoms with E-state index in [1.807, 2.05) is 31.2 Å². The van der Waals surface area contributed by atoms with Gasteiger partial charge in [0.15, 0.2) is 16.6 Å². The summed E-state index contributed by atoms with van der Waals surface area (Å²) >= 11 is 5.33. The minimum Gasteiger partial charge on any atom is -0.382 e. The Morgan fingerprint density at radius 1 is 1.24 bits per heavy atom. The Morgan fingerprint density at radius 3 is 2.62 bits per heavy atom. The molecule has 7 nitrogen and oxygen atoms in total. The SMILES string of the molecule is CCOCCCn1c(-c2cc3n(n2)C(C(F)(F)F)CC(c2ccc(C(C)C)cc2)N3)n[nH]c1=S. The number of benzene rings is 1. The molecule has 1 aromatic carbocycles. The fourth-order valence-electron chi connectivity index (χ4n) is 4.20. The van der Waals surface area contributed by atoms with E-state index in [1.54, 1.807) is 10.6 Å². The van der Waals surface area contributed by atoms with Gasteiger partial charge in [0, 0.05) is 32.2 Å². The number of fused-ring (bicyclic) bond motifs is 1. The number of hydrogen-bond acceptors (Lipinski definition) is 5. The maximum Gasteiger partial charge on any atom is 0.410 e. The van der Waals surface area contributed by atoms with Crippen molar-refractivity contribution in [2.75, 3.05) is 18.5 Å². The number of ether oxygens (including phenoxy) is 1. The zero-order valence-corrected chi connectivity index (χ0v) is 20.2. The monoisotopic (exact) mass is 494 g/mol. The summed E-state index contributed by atoms with van der Waals surface area (Å²) in [7, 11) is 0. The molecule has 11 heteroatoms. The van der Waals surface area contributed by atoms with E-state index in [0.29, 0.717) is 54.2 Å². The van der Waals surface area contributed by atoms with E-state index >= 15 is 0 Å². The van der Waals surface area contributed by atoms with Gasteiger partial charge in [-0.3, -0.25) is 9.67 Å². The van der Waals surface area contributed by atoms with E-state index < -0.39 is 18.3 Å². The number of H-pyrrole nitrogens is 1. The lowest BCUT2D eigenvalue weighted by atomic mass is 9.94. The summed E-state index contributed by atoms with van der Waals surface area (Å²) in [5, 5.41) is 14.5. The smallest absolute Gasteiger partial charge is 0.382 e. The minimum absolute atomic E-state index is 0.153. The quantitative estimate of drug-likeness (QED) is 0.296. The summed E-state index contributed by atoms with van der Waals surface area (Å²) in [6.45, 7) is 7.77. The molecule has 2 N–H and O–H groups in total. The van der Waals surface area contributed by atoms with Crippen LogP contribution in [0.1, 0.15) is 62.7 Å². The van der Waals surface area contributed by atoms with E-state index in [2.05, 4.69) is 34.5 Å². The fraction of sp³-hybridized carbons (Fsp3) is 0.522. The highest BCUT2D eigenvalue weighted by molar-refractivity contribution is 7.71. The maximum atomic E-state index is 14.1. The highest BCUT2D eigenvalue weighted by Crippen LogP contribution is 2.44. The van der Waals surface area contributed by atoms with Crippen LogP contribution in [0.25, 0.3) is 11.5 Å². The molecule has 2 unspecified atom stereocenters. The Labute approximate surface area is 201 Å². The van der Waals surface area contributed by atoms with Crippen LogP contribution >= 0.6 is 12.2 Å². The molecular weight excluding hydrogens is 465 g/mol. The Bertz CT molecular complexity index is 1160. The van der Waals surface area contributed by atoms with Crippen LogP contribution in [0.15, 0.2) is 30.3 Å². The predicted molar refractivity (Wildman–Crippen MR) is 126 cm³/mol. The molecule has 0 saturated heterocycles. The van der Waals surface area contributed by atoms with Crippen LogP contribution in [0, 0.1) is 4.77 Å². The third-order valence-corrected chi connectivity index (χ3v) is 6.37. The molecule has 4 rings (SSSR count). The van der Waals surface area contributed by atoms with Gasteiger partial charge in [0.2, 0.25) is 0 Å². The summed E-state index contributed by atoms with van der Waals surface area (Å²) in [6, 6.07) is 7.12. The molecule has 0 bridgehead atoms. The highest BCUT2D eigenvalue weighted by Gasteiger charge is 2.46. The first-order valence-electron chi connectivity index (χ1n) is 11.4. The van der Waals surface area contributed by atoms with Crippen molar-refractivity contribution in [1.82, 2.24) is 24.5 Å². The molecular formula is C23H29F3N6OS. The number of aromatic amines is 1. The summed E-state index contributed by atoms with van der Waals surface area (Å²) in [6.07, 6.45) is -3.90. The number of nitrogens with one attached hydrogen (secondary N) is 2. The summed E-state index contributed by atoms with van der Waals surface area (Å²) in [4.78, 5) is 0. The Morgan fingerprint density at radius 2 is 1.97 bits per heavy atom. The van der Waals surface area contributed by atoms with Crippen molar-refractivity contribution in [2.45, 2.75) is 64.3 Å². The molecule has 0 spiro atoms. The van der Waals surface area contributed by atoms with Gasteiger partial charge in [-0.25, -0.2) is 4.68 Å². The predicted octanol–water partition coefficient (Wildman–Crippen LogP) is 6.01. The first kappa shape index (κ1) is 24.5. The van der Waals surface area contributed by atoms with E-state index in [9.17, 15) is 13.2 Å². The van der Waals surface area contributed by atoms with Crippen LogP contribution in [-0.2, 0) is 11.3 Å². The molecule has 0 fully saturated rings.